The van der Waals surface area contributed by atoms with Crippen molar-refractivity contribution in [2.45, 2.75) is 0 Å². The minimum atomic E-state index is -0.453. The minimum Gasteiger partial charge on any atom is -0.496 e. The molecule has 1 N–H and O–H groups in total. The predicted octanol–water partition coefficient (Wildman–Crippen LogP) is 3.16. The van der Waals surface area contributed by atoms with Gasteiger partial charge in [-0.1, -0.05) is 23.2 Å². The van der Waals surface area contributed by atoms with Crippen LogP contribution in [-0.4, -0.2) is 24.2 Å². The molecule has 5 nitrogen and oxygen atoms in total. The Morgan fingerprint density at radius 1 is 1.38 bits per heavy atom. The summed E-state index contributed by atoms with van der Waals surface area (Å²) < 4.78 is 5.17. The normalized spacial score (nSPS) is 10.6. The van der Waals surface area contributed by atoms with Gasteiger partial charge in [0.15, 0.2) is 0 Å². The maximum atomic E-state index is 11.9. The third kappa shape index (κ3) is 3.93. The minimum absolute atomic E-state index is 0.116. The Kier molecular flexibility index (Phi) is 5.14. The standard InChI is InChI=1S/C14H11Cl2N3O2/c1-21-12-5-4-10(15)7-9(12)8-18-19-14(20)11-3-2-6-17-13(11)16/h2-8H,1H3,(H,19,20). The van der Waals surface area contributed by atoms with Crippen molar-refractivity contribution in [2.24, 2.45) is 5.10 Å². The van der Waals surface area contributed by atoms with Gasteiger partial charge < -0.3 is 4.74 Å². The van der Waals surface area contributed by atoms with Crippen LogP contribution < -0.4 is 10.2 Å². The molecular weight excluding hydrogens is 313 g/mol. The highest BCUT2D eigenvalue weighted by Crippen LogP contribution is 2.20. The third-order valence-corrected chi connectivity index (χ3v) is 3.10. The summed E-state index contributed by atoms with van der Waals surface area (Å²) in [4.78, 5) is 15.7. The van der Waals surface area contributed by atoms with Gasteiger partial charge in [-0.2, -0.15) is 5.10 Å². The molecule has 1 heterocycles. The van der Waals surface area contributed by atoms with Crippen molar-refractivity contribution < 1.29 is 9.53 Å². The second-order valence-electron chi connectivity index (χ2n) is 3.93. The number of carbonyl (C=O) groups excluding carboxylic acids is 1. The molecule has 0 unspecified atom stereocenters. The maximum Gasteiger partial charge on any atom is 0.274 e. The number of hydrazone groups is 1. The zero-order valence-electron chi connectivity index (χ0n) is 11.0. The van der Waals surface area contributed by atoms with E-state index >= 15 is 0 Å². The molecule has 2 aromatic rings. The van der Waals surface area contributed by atoms with Crippen LogP contribution in [0.15, 0.2) is 41.6 Å². The van der Waals surface area contributed by atoms with Gasteiger partial charge in [0.25, 0.3) is 5.91 Å². The van der Waals surface area contributed by atoms with E-state index in [0.717, 1.165) is 0 Å². The van der Waals surface area contributed by atoms with Crippen molar-refractivity contribution in [3.63, 3.8) is 0 Å². The number of rotatable bonds is 4. The van der Waals surface area contributed by atoms with Crippen LogP contribution in [-0.2, 0) is 0 Å². The maximum absolute atomic E-state index is 11.9. The van der Waals surface area contributed by atoms with Gasteiger partial charge in [-0.15, -0.1) is 0 Å². The van der Waals surface area contributed by atoms with E-state index in [1.807, 2.05) is 0 Å². The molecule has 0 aliphatic heterocycles. The summed E-state index contributed by atoms with van der Waals surface area (Å²) in [5.74, 6) is 0.141. The van der Waals surface area contributed by atoms with E-state index in [0.29, 0.717) is 16.3 Å². The number of aromatic nitrogens is 1. The van der Waals surface area contributed by atoms with E-state index in [-0.39, 0.29) is 10.7 Å². The first-order valence-corrected chi connectivity index (χ1v) is 6.65. The lowest BCUT2D eigenvalue weighted by Crippen LogP contribution is -2.18. The number of amides is 1. The number of nitrogens with zero attached hydrogens (tertiary/aromatic N) is 2. The summed E-state index contributed by atoms with van der Waals surface area (Å²) in [6.07, 6.45) is 2.94. The van der Waals surface area contributed by atoms with Crippen molar-refractivity contribution in [3.8, 4) is 5.75 Å². The van der Waals surface area contributed by atoms with Gasteiger partial charge in [0.1, 0.15) is 10.9 Å². The highest BCUT2D eigenvalue weighted by atomic mass is 35.5. The van der Waals surface area contributed by atoms with Gasteiger partial charge in [0.2, 0.25) is 0 Å². The first-order valence-electron chi connectivity index (χ1n) is 5.89. The SMILES string of the molecule is COc1ccc(Cl)cc1C=NNC(=O)c1cccnc1Cl. The van der Waals surface area contributed by atoms with E-state index in [1.165, 1.54) is 19.5 Å². The first-order chi connectivity index (χ1) is 10.1. The smallest absolute Gasteiger partial charge is 0.274 e. The molecule has 21 heavy (non-hydrogen) atoms. The van der Waals surface area contributed by atoms with Crippen molar-refractivity contribution in [3.05, 3.63) is 57.8 Å². The molecule has 1 aromatic heterocycles. The molecule has 0 saturated carbocycles. The van der Waals surface area contributed by atoms with Crippen LogP contribution in [0.25, 0.3) is 0 Å². The van der Waals surface area contributed by atoms with Crippen LogP contribution in [0.5, 0.6) is 5.75 Å². The first kappa shape index (κ1) is 15.3. The van der Waals surface area contributed by atoms with E-state index in [1.54, 1.807) is 30.3 Å². The summed E-state index contributed by atoms with van der Waals surface area (Å²) >= 11 is 11.7. The molecule has 2 rings (SSSR count). The molecule has 0 saturated heterocycles. The molecular formula is C14H11Cl2N3O2. The molecule has 0 fully saturated rings. The van der Waals surface area contributed by atoms with Crippen LogP contribution in [0.3, 0.4) is 0 Å². The number of hydrogen-bond acceptors (Lipinski definition) is 4. The molecule has 7 heteroatoms. The molecule has 1 amide bonds. The second-order valence-corrected chi connectivity index (χ2v) is 4.72. The Morgan fingerprint density at radius 2 is 2.19 bits per heavy atom. The van der Waals surface area contributed by atoms with Crippen LogP contribution in [0.2, 0.25) is 10.2 Å². The van der Waals surface area contributed by atoms with Crippen LogP contribution >= 0.6 is 23.2 Å². The number of pyridine rings is 1. The number of ether oxygens (including phenoxy) is 1. The highest BCUT2D eigenvalue weighted by Gasteiger charge is 2.09. The van der Waals surface area contributed by atoms with Gasteiger partial charge >= 0.3 is 0 Å². The second kappa shape index (κ2) is 7.06. The zero-order valence-corrected chi connectivity index (χ0v) is 12.5. The Labute approximate surface area is 131 Å². The van der Waals surface area contributed by atoms with Crippen LogP contribution in [0, 0.1) is 0 Å². The third-order valence-electron chi connectivity index (χ3n) is 2.57. The summed E-state index contributed by atoms with van der Waals surface area (Å²) in [7, 11) is 1.54. The van der Waals surface area contributed by atoms with E-state index in [4.69, 9.17) is 27.9 Å². The quantitative estimate of drug-likeness (QED) is 0.534. The van der Waals surface area contributed by atoms with Crippen LogP contribution in [0.4, 0.5) is 0 Å². The predicted molar refractivity (Wildman–Crippen MR) is 82.3 cm³/mol. The van der Waals surface area contributed by atoms with Crippen molar-refractivity contribution in [1.29, 1.82) is 0 Å². The summed E-state index contributed by atoms with van der Waals surface area (Å²) in [5, 5.41) is 4.52. The van der Waals surface area contributed by atoms with Gasteiger partial charge in [0, 0.05) is 16.8 Å². The molecule has 0 aliphatic rings. The number of halogens is 2. The van der Waals surface area contributed by atoms with Gasteiger partial charge in [0.05, 0.1) is 18.9 Å². The van der Waals surface area contributed by atoms with Gasteiger partial charge in [-0.3, -0.25) is 4.79 Å². The van der Waals surface area contributed by atoms with E-state index in [2.05, 4.69) is 15.5 Å². The molecule has 108 valence electrons. The van der Waals surface area contributed by atoms with Crippen molar-refractivity contribution in [1.82, 2.24) is 10.4 Å². The van der Waals surface area contributed by atoms with Crippen molar-refractivity contribution in [2.75, 3.05) is 7.11 Å². The molecule has 0 bridgehead atoms. The number of carbonyl (C=O) groups is 1. The Bertz CT molecular complexity index is 690. The lowest BCUT2D eigenvalue weighted by Gasteiger charge is -2.04. The van der Waals surface area contributed by atoms with E-state index in [9.17, 15) is 4.79 Å². The van der Waals surface area contributed by atoms with Crippen molar-refractivity contribution >= 4 is 35.3 Å². The summed E-state index contributed by atoms with van der Waals surface area (Å²) in [6, 6.07) is 8.26. The molecule has 1 aromatic carbocycles. The lowest BCUT2D eigenvalue weighted by atomic mass is 10.2. The molecule has 0 radical (unpaired) electrons. The van der Waals surface area contributed by atoms with E-state index < -0.39 is 5.91 Å². The lowest BCUT2D eigenvalue weighted by molar-refractivity contribution is 0.0955. The summed E-state index contributed by atoms with van der Waals surface area (Å²) in [6.45, 7) is 0. The number of nitrogens with one attached hydrogen (secondary N) is 1. The highest BCUT2D eigenvalue weighted by molar-refractivity contribution is 6.32. The Morgan fingerprint density at radius 3 is 2.90 bits per heavy atom. The average Bonchev–Trinajstić information content (AvgIpc) is 2.48. The Balaban J connectivity index is 2.11. The van der Waals surface area contributed by atoms with Gasteiger partial charge in [-0.05, 0) is 30.3 Å². The van der Waals surface area contributed by atoms with Crippen LogP contribution in [0.1, 0.15) is 15.9 Å². The average molecular weight is 324 g/mol. The fourth-order valence-electron chi connectivity index (χ4n) is 1.58. The Hall–Kier alpha value is -2.11. The molecule has 0 spiro atoms. The largest absolute Gasteiger partial charge is 0.496 e. The fraction of sp³-hybridized carbons (Fsp3) is 0.0714. The summed E-state index contributed by atoms with van der Waals surface area (Å²) in [5.41, 5.74) is 3.25. The zero-order chi connectivity index (χ0) is 15.2. The van der Waals surface area contributed by atoms with Gasteiger partial charge in [-0.25, -0.2) is 10.4 Å². The fourth-order valence-corrected chi connectivity index (χ4v) is 1.97. The molecule has 0 atom stereocenters. The number of hydrogen-bond donors (Lipinski definition) is 1. The number of benzene rings is 1. The topological polar surface area (TPSA) is 63.6 Å². The monoisotopic (exact) mass is 323 g/mol. The number of methoxy groups -OCH3 is 1. The molecule has 0 aliphatic carbocycles.